The molecule has 2 saturated heterocycles. The van der Waals surface area contributed by atoms with E-state index in [9.17, 15) is 24.6 Å². The summed E-state index contributed by atoms with van der Waals surface area (Å²) in [5, 5.41) is 37.3. The van der Waals surface area contributed by atoms with Crippen LogP contribution in [0.1, 0.15) is 113 Å². The van der Waals surface area contributed by atoms with Crippen molar-refractivity contribution < 1.29 is 24.6 Å². The minimum atomic E-state index is -0.861. The van der Waals surface area contributed by atoms with E-state index in [2.05, 4.69) is 40.6 Å². The largest absolute Gasteiger partial charge is 0.507 e. The van der Waals surface area contributed by atoms with Crippen LogP contribution in [0.3, 0.4) is 0 Å². The van der Waals surface area contributed by atoms with E-state index in [1.807, 2.05) is 95.0 Å². The maximum Gasteiger partial charge on any atom is 0.246 e. The standard InChI is InChI=1S/C54H65N11O5S/c1-31(33-10-12-35(13-11-33)47-32(2)57-30-71-47)58-51(69)45-24-39(66)28-65(45)52(70)48(54(3,4)5)60-50(68)36-14-16-38(17-15-36)63-21-18-34(19-22-63)37-26-55-53(56-27-37)64-23-20-40-42-25-43(41-8-6-7-9-46(41)67)61-62-49(42)59-44(40)29-64/h6-13,25-27,30-31,34,36,38-39,45,48,66-67H,14-24,28-29H2,1-5H3,(H,58,69)(H,59,62)(H,60,68)/t31-,36?,38?,39+,45-,48+/m0/s1. The minimum Gasteiger partial charge on any atom is -0.507 e. The van der Waals surface area contributed by atoms with E-state index in [1.54, 1.807) is 23.5 Å². The molecule has 71 heavy (non-hydrogen) atoms. The molecule has 4 aromatic heterocycles. The predicted molar refractivity (Wildman–Crippen MR) is 273 cm³/mol. The summed E-state index contributed by atoms with van der Waals surface area (Å²) in [6, 6.07) is 15.6. The highest BCUT2D eigenvalue weighted by atomic mass is 32.1. The number of aliphatic hydroxyl groups excluding tert-OH is 1. The number of fused-ring (bicyclic) bond motifs is 3. The molecule has 5 N–H and O–H groups in total. The molecule has 2 aromatic carbocycles. The summed E-state index contributed by atoms with van der Waals surface area (Å²) in [6.07, 6.45) is 9.48. The van der Waals surface area contributed by atoms with Crippen molar-refractivity contribution in [1.82, 2.24) is 50.6 Å². The molecule has 0 radical (unpaired) electrons. The Bertz CT molecular complexity index is 2880. The predicted octanol–water partition coefficient (Wildman–Crippen LogP) is 7.22. The number of thiazole rings is 1. The number of anilines is 1. The lowest BCUT2D eigenvalue weighted by Gasteiger charge is -2.41. The van der Waals surface area contributed by atoms with Gasteiger partial charge in [-0.2, -0.15) is 0 Å². The number of nitrogens with one attached hydrogen (secondary N) is 3. The molecule has 3 amide bonds. The van der Waals surface area contributed by atoms with Crippen molar-refractivity contribution in [3.05, 3.63) is 101 Å². The van der Waals surface area contributed by atoms with Crippen molar-refractivity contribution in [3.8, 4) is 27.4 Å². The monoisotopic (exact) mass is 979 g/mol. The van der Waals surface area contributed by atoms with Gasteiger partial charge in [0.2, 0.25) is 23.7 Å². The van der Waals surface area contributed by atoms with Gasteiger partial charge in [0, 0.05) is 60.5 Å². The van der Waals surface area contributed by atoms with Crippen molar-refractivity contribution in [2.24, 2.45) is 11.3 Å². The Labute approximate surface area is 418 Å². The molecule has 16 nitrogen and oxygen atoms in total. The number of phenolic OH excluding ortho intramolecular Hbond substituents is 1. The number of H-pyrrole nitrogens is 1. The quantitative estimate of drug-likeness (QED) is 0.0873. The first-order valence-electron chi connectivity index (χ1n) is 25.2. The number of para-hydroxylation sites is 1. The summed E-state index contributed by atoms with van der Waals surface area (Å²) in [6.45, 7) is 13.1. The number of nitrogens with zero attached hydrogens (tertiary/aromatic N) is 8. The maximum atomic E-state index is 14.4. The van der Waals surface area contributed by atoms with E-state index in [4.69, 9.17) is 9.97 Å². The SMILES string of the molecule is Cc1ncsc1-c1ccc([C@H](C)NC(=O)[C@@H]2C[C@@H](O)CN2C(=O)[C@@H](NC(=O)C2CCC(N3CCC(c4cnc(N5CCc6c([nH]c7nnc(-c8ccccc8O)cc67)C5)nc4)CC3)CC2)C(C)(C)C)cc1. The molecule has 6 aromatic rings. The van der Waals surface area contributed by atoms with Gasteiger partial charge in [0.1, 0.15) is 17.8 Å². The smallest absolute Gasteiger partial charge is 0.246 e. The number of amides is 3. The van der Waals surface area contributed by atoms with Gasteiger partial charge in [-0.3, -0.25) is 14.4 Å². The first kappa shape index (κ1) is 48.3. The van der Waals surface area contributed by atoms with Crippen LogP contribution in [0.2, 0.25) is 0 Å². The van der Waals surface area contributed by atoms with Gasteiger partial charge >= 0.3 is 0 Å². The van der Waals surface area contributed by atoms with Crippen molar-refractivity contribution >= 4 is 46.0 Å². The topological polar surface area (TPSA) is 206 Å². The van der Waals surface area contributed by atoms with Gasteiger partial charge in [-0.1, -0.05) is 57.2 Å². The molecular formula is C54H65N11O5S. The van der Waals surface area contributed by atoms with Crippen LogP contribution < -0.4 is 15.5 Å². The molecule has 372 valence electrons. The fraction of sp³-hybridized carbons (Fsp3) is 0.481. The molecule has 0 spiro atoms. The number of aromatic amines is 1. The number of likely N-dealkylation sites (tertiary alicyclic amines) is 2. The molecule has 4 atom stereocenters. The summed E-state index contributed by atoms with van der Waals surface area (Å²) in [7, 11) is 0. The van der Waals surface area contributed by atoms with Crippen LogP contribution in [0.5, 0.6) is 5.75 Å². The molecule has 1 saturated carbocycles. The van der Waals surface area contributed by atoms with E-state index in [-0.39, 0.29) is 48.4 Å². The summed E-state index contributed by atoms with van der Waals surface area (Å²) in [5.74, 6) is 0.288. The average Bonchev–Trinajstić information content (AvgIpc) is 4.11. The normalized spacial score (nSPS) is 22.0. The number of piperidine rings is 1. The second-order valence-electron chi connectivity index (χ2n) is 21.2. The highest BCUT2D eigenvalue weighted by molar-refractivity contribution is 7.13. The zero-order valence-corrected chi connectivity index (χ0v) is 42.1. The molecule has 0 bridgehead atoms. The average molecular weight is 980 g/mol. The number of aromatic hydroxyl groups is 1. The van der Waals surface area contributed by atoms with Gasteiger partial charge in [-0.15, -0.1) is 21.5 Å². The number of benzene rings is 2. The fourth-order valence-corrected chi connectivity index (χ4v) is 12.1. The minimum absolute atomic E-state index is 0.0327. The second kappa shape index (κ2) is 20.1. The Kier molecular flexibility index (Phi) is 13.7. The van der Waals surface area contributed by atoms with Gasteiger partial charge in [-0.05, 0) is 124 Å². The molecule has 4 aliphatic rings. The number of phenols is 1. The van der Waals surface area contributed by atoms with Crippen molar-refractivity contribution in [2.45, 2.75) is 129 Å². The Hall–Kier alpha value is -6.30. The third-order valence-electron chi connectivity index (χ3n) is 15.5. The third-order valence-corrected chi connectivity index (χ3v) is 16.5. The number of β-amino-alcohol motifs (C(OH)–C–C–N with tert-alkyl or cyclic N) is 1. The number of carbonyl (C=O) groups excluding carboxylic acids is 3. The van der Waals surface area contributed by atoms with Crippen LogP contribution in [0.4, 0.5) is 5.95 Å². The lowest BCUT2D eigenvalue weighted by atomic mass is 9.81. The van der Waals surface area contributed by atoms with Crippen LogP contribution in [-0.2, 0) is 27.3 Å². The first-order valence-corrected chi connectivity index (χ1v) is 26.1. The number of aromatic nitrogens is 6. The number of carbonyl (C=O) groups is 3. The molecule has 3 aliphatic heterocycles. The number of aryl methyl sites for hydroxylation is 1. The highest BCUT2D eigenvalue weighted by Gasteiger charge is 2.45. The summed E-state index contributed by atoms with van der Waals surface area (Å²) in [5.41, 5.74) is 9.68. The van der Waals surface area contributed by atoms with Gasteiger partial charge < -0.3 is 40.5 Å². The van der Waals surface area contributed by atoms with E-state index < -0.39 is 23.6 Å². The van der Waals surface area contributed by atoms with E-state index in [1.165, 1.54) is 16.0 Å². The zero-order chi connectivity index (χ0) is 49.6. The van der Waals surface area contributed by atoms with Gasteiger partial charge in [-0.25, -0.2) is 15.0 Å². The molecule has 0 unspecified atom stereocenters. The molecule has 17 heteroatoms. The van der Waals surface area contributed by atoms with Crippen LogP contribution >= 0.6 is 11.3 Å². The molecule has 10 rings (SSSR count). The molecule has 7 heterocycles. The Morgan fingerprint density at radius 3 is 2.31 bits per heavy atom. The third kappa shape index (κ3) is 10.1. The fourth-order valence-electron chi connectivity index (χ4n) is 11.3. The van der Waals surface area contributed by atoms with E-state index >= 15 is 0 Å². The van der Waals surface area contributed by atoms with Gasteiger partial charge in [0.25, 0.3) is 0 Å². The number of hydrogen-bond acceptors (Lipinski definition) is 13. The van der Waals surface area contributed by atoms with E-state index in [0.29, 0.717) is 35.7 Å². The number of hydrogen-bond donors (Lipinski definition) is 5. The first-order chi connectivity index (χ1) is 34.2. The zero-order valence-electron chi connectivity index (χ0n) is 41.3. The summed E-state index contributed by atoms with van der Waals surface area (Å²) >= 11 is 1.59. The van der Waals surface area contributed by atoms with E-state index in [0.717, 1.165) is 103 Å². The van der Waals surface area contributed by atoms with Crippen LogP contribution in [0.15, 0.2) is 72.5 Å². The summed E-state index contributed by atoms with van der Waals surface area (Å²) in [4.78, 5) is 67.1. The van der Waals surface area contributed by atoms with Crippen molar-refractivity contribution in [3.63, 3.8) is 0 Å². The lowest BCUT2D eigenvalue weighted by molar-refractivity contribution is -0.145. The highest BCUT2D eigenvalue weighted by Crippen LogP contribution is 2.37. The number of rotatable bonds is 11. The molecule has 3 fully saturated rings. The maximum absolute atomic E-state index is 14.4. The summed E-state index contributed by atoms with van der Waals surface area (Å²) < 4.78 is 0. The second-order valence-corrected chi connectivity index (χ2v) is 22.1. The molecule has 1 aliphatic carbocycles. The lowest BCUT2D eigenvalue weighted by Crippen LogP contribution is -2.58. The van der Waals surface area contributed by atoms with Crippen molar-refractivity contribution in [2.75, 3.05) is 31.1 Å². The molecular weight excluding hydrogens is 915 g/mol. The number of aliphatic hydroxyl groups is 1. The van der Waals surface area contributed by atoms with Crippen LogP contribution in [-0.4, -0.2) is 118 Å². The Morgan fingerprint density at radius 1 is 0.887 bits per heavy atom. The Balaban J connectivity index is 0.692. The van der Waals surface area contributed by atoms with Crippen molar-refractivity contribution in [1.29, 1.82) is 0 Å². The van der Waals surface area contributed by atoms with Gasteiger partial charge in [0.15, 0.2) is 5.65 Å². The Morgan fingerprint density at radius 2 is 1.62 bits per heavy atom. The van der Waals surface area contributed by atoms with Gasteiger partial charge in [0.05, 0.1) is 40.5 Å². The van der Waals surface area contributed by atoms with Crippen LogP contribution in [0, 0.1) is 18.3 Å². The van der Waals surface area contributed by atoms with Crippen LogP contribution in [0.25, 0.3) is 32.7 Å².